The van der Waals surface area contributed by atoms with Crippen LogP contribution in [-0.2, 0) is 47.5 Å². The Morgan fingerprint density at radius 1 is 0.708 bits per heavy atom. The molecule has 3 N–H and O–H groups in total. The summed E-state index contributed by atoms with van der Waals surface area (Å²) in [6.45, 7) is 15.0. The molecule has 2 aromatic rings. The van der Waals surface area contributed by atoms with E-state index in [0.29, 0.717) is 29.8 Å². The van der Waals surface area contributed by atoms with Crippen molar-refractivity contribution in [3.8, 4) is 0 Å². The van der Waals surface area contributed by atoms with Crippen LogP contribution in [0.4, 0.5) is 17.2 Å². The molecular formula is C38H55Cl3N8O14S2. The molecule has 1 unspecified atom stereocenters. The number of nitro groups is 2. The number of hydrogen-bond acceptors (Lipinski definition) is 22. The first-order valence-corrected chi connectivity index (χ1v) is 23.9. The topological polar surface area (TPSA) is 284 Å². The van der Waals surface area contributed by atoms with Gasteiger partial charge in [0.2, 0.25) is 21.3 Å². The van der Waals surface area contributed by atoms with Crippen LogP contribution in [0.15, 0.2) is 10.3 Å². The van der Waals surface area contributed by atoms with Crippen molar-refractivity contribution in [3.63, 3.8) is 0 Å². The summed E-state index contributed by atoms with van der Waals surface area (Å²) >= 11 is 20.1. The third kappa shape index (κ3) is 15.5. The predicted octanol–water partition coefficient (Wildman–Crippen LogP) is 6.57. The maximum atomic E-state index is 11.7. The van der Waals surface area contributed by atoms with Crippen LogP contribution < -0.4 is 11.1 Å². The molecular weight excluding hydrogens is 963 g/mol. The predicted molar refractivity (Wildman–Crippen MR) is 239 cm³/mol. The molecule has 0 spiro atoms. The second kappa shape index (κ2) is 24.8. The minimum atomic E-state index is -0.876. The van der Waals surface area contributed by atoms with E-state index < -0.39 is 63.1 Å². The van der Waals surface area contributed by atoms with Crippen LogP contribution in [0.5, 0.6) is 0 Å². The van der Waals surface area contributed by atoms with Crippen molar-refractivity contribution in [2.75, 3.05) is 43.3 Å². The average Bonchev–Trinajstić information content (AvgIpc) is 3.90. The summed E-state index contributed by atoms with van der Waals surface area (Å²) in [7, 11) is 0. The number of fused-ring (bicyclic) bond motifs is 2. The molecule has 4 fully saturated rings. The number of hydrogen-bond donors (Lipinski definition) is 2. The van der Waals surface area contributed by atoms with Crippen LogP contribution in [0.25, 0.3) is 0 Å². The second-order valence-electron chi connectivity index (χ2n) is 15.5. The van der Waals surface area contributed by atoms with Gasteiger partial charge in [-0.3, -0.25) is 20.2 Å². The van der Waals surface area contributed by atoms with E-state index in [1.54, 1.807) is 27.7 Å². The SMILES string of the molecule is CCCSc1nc(Cl)c([N+](=O)[O-])c(Cl)n1.CCCSc1nc(Cl)c([N+](=O)[O-])c(NC2C[C@H](OCC(=O)OCC)[C@H]3OC(C)(C)O[C@@H]23)n1.CCOC(=O)CO[C@H]1C[C@@H](N)[C@@H]2OC(C)(C)O[C@@H]21. The Balaban J connectivity index is 0.000000236. The van der Waals surface area contributed by atoms with Crippen molar-refractivity contribution in [1.29, 1.82) is 0 Å². The van der Waals surface area contributed by atoms with E-state index in [1.165, 1.54) is 23.5 Å². The maximum Gasteiger partial charge on any atom is 0.348 e. The van der Waals surface area contributed by atoms with Crippen molar-refractivity contribution in [2.45, 2.75) is 152 Å². The van der Waals surface area contributed by atoms with Gasteiger partial charge in [-0.25, -0.2) is 24.5 Å². The molecule has 4 aliphatic rings. The molecule has 27 heteroatoms. The highest BCUT2D eigenvalue weighted by atomic mass is 35.5. The molecule has 2 aliphatic carbocycles. The van der Waals surface area contributed by atoms with Gasteiger partial charge in [0.05, 0.1) is 41.3 Å². The molecule has 22 nitrogen and oxygen atoms in total. The standard InChI is InChI=1S/C19H27ClN4O7S.C12H21NO5.C7H7Cl2N3O2S/c1-5-7-32-18-22-16(20)13(24(26)27)17(23-18)21-10-8-11(29-9-12(25)28-6-2)15-14(10)30-19(3,4)31-15;1-4-15-9(14)6-16-8-5-7(13)10-11(8)18-12(2,3)17-10;1-2-3-15-7-10-5(8)4(12(13)14)6(9)11-7/h10-11,14-15H,5-9H2,1-4H3,(H,21,22,23);7-8,10-11H,4-6,13H2,1-3H3;2-3H2,1H3/t10?,11-,14-,15+;7-,8+,10+,11-;/m01./s1. The summed E-state index contributed by atoms with van der Waals surface area (Å²) in [5.41, 5.74) is 5.15. The molecule has 2 aromatic heterocycles. The molecule has 0 aromatic carbocycles. The molecule has 0 bridgehead atoms. The minimum Gasteiger partial charge on any atom is -0.464 e. The lowest BCUT2D eigenvalue weighted by molar-refractivity contribution is -0.385. The number of nitrogens with one attached hydrogen (secondary N) is 1. The van der Waals surface area contributed by atoms with Gasteiger partial charge >= 0.3 is 23.3 Å². The highest BCUT2D eigenvalue weighted by Gasteiger charge is 2.56. The fraction of sp³-hybridized carbons (Fsp3) is 0.737. The van der Waals surface area contributed by atoms with Gasteiger partial charge in [0.1, 0.15) is 37.6 Å². The van der Waals surface area contributed by atoms with Gasteiger partial charge in [-0.2, -0.15) is 4.98 Å². The van der Waals surface area contributed by atoms with E-state index in [0.717, 1.165) is 24.3 Å². The fourth-order valence-electron chi connectivity index (χ4n) is 7.03. The van der Waals surface area contributed by atoms with Crippen LogP contribution in [-0.4, -0.2) is 140 Å². The number of aromatic nitrogens is 4. The van der Waals surface area contributed by atoms with Gasteiger partial charge in [0, 0.05) is 17.5 Å². The number of carbonyl (C=O) groups is 2. The van der Waals surface area contributed by atoms with Gasteiger partial charge in [0.25, 0.3) is 0 Å². The summed E-state index contributed by atoms with van der Waals surface area (Å²) in [6, 6.07) is -0.549. The quantitative estimate of drug-likeness (QED) is 0.0398. The number of esters is 2. The van der Waals surface area contributed by atoms with E-state index in [4.69, 9.17) is 78.4 Å². The lowest BCUT2D eigenvalue weighted by Gasteiger charge is -2.24. The zero-order valence-corrected chi connectivity index (χ0v) is 41.0. The van der Waals surface area contributed by atoms with E-state index >= 15 is 0 Å². The van der Waals surface area contributed by atoms with Crippen molar-refractivity contribution in [2.24, 2.45) is 5.73 Å². The van der Waals surface area contributed by atoms with Crippen molar-refractivity contribution < 1.29 is 57.3 Å². The summed E-state index contributed by atoms with van der Waals surface area (Å²) in [5, 5.41) is 25.3. The first-order valence-electron chi connectivity index (χ1n) is 20.8. The first kappa shape index (κ1) is 54.6. The van der Waals surface area contributed by atoms with Crippen LogP contribution in [0.3, 0.4) is 0 Å². The molecule has 4 heterocycles. The maximum absolute atomic E-state index is 11.7. The molecule has 364 valence electrons. The summed E-state index contributed by atoms with van der Waals surface area (Å²) in [5.74, 6) is -0.794. The molecule has 2 saturated carbocycles. The summed E-state index contributed by atoms with van der Waals surface area (Å²) in [4.78, 5) is 59.8. The molecule has 6 rings (SSSR count). The van der Waals surface area contributed by atoms with Crippen molar-refractivity contribution >= 4 is 87.5 Å². The second-order valence-corrected chi connectivity index (χ2v) is 18.7. The van der Waals surface area contributed by atoms with Crippen LogP contribution in [0, 0.1) is 20.2 Å². The Morgan fingerprint density at radius 2 is 1.12 bits per heavy atom. The van der Waals surface area contributed by atoms with Crippen LogP contribution in [0.2, 0.25) is 15.5 Å². The number of carbonyl (C=O) groups excluding carboxylic acids is 2. The van der Waals surface area contributed by atoms with E-state index in [1.807, 2.05) is 27.7 Å². The molecule has 0 radical (unpaired) electrons. The molecule has 2 aliphatic heterocycles. The molecule has 2 saturated heterocycles. The van der Waals surface area contributed by atoms with Gasteiger partial charge in [0.15, 0.2) is 21.9 Å². The van der Waals surface area contributed by atoms with E-state index in [9.17, 15) is 29.8 Å². The highest BCUT2D eigenvalue weighted by Crippen LogP contribution is 2.43. The third-order valence-electron chi connectivity index (χ3n) is 9.47. The number of nitrogens with zero attached hydrogens (tertiary/aromatic N) is 6. The number of halogens is 3. The minimum absolute atomic E-state index is 0.0108. The smallest absolute Gasteiger partial charge is 0.348 e. The van der Waals surface area contributed by atoms with Gasteiger partial charge in [-0.05, 0) is 67.2 Å². The van der Waals surface area contributed by atoms with Crippen LogP contribution in [0.1, 0.15) is 81.1 Å². The van der Waals surface area contributed by atoms with Gasteiger partial charge in [-0.15, -0.1) is 0 Å². The normalized spacial score (nSPS) is 25.6. The van der Waals surface area contributed by atoms with Gasteiger partial charge < -0.3 is 48.9 Å². The van der Waals surface area contributed by atoms with E-state index in [-0.39, 0.29) is 71.4 Å². The van der Waals surface area contributed by atoms with Crippen molar-refractivity contribution in [3.05, 3.63) is 35.7 Å². The van der Waals surface area contributed by atoms with Gasteiger partial charge in [-0.1, -0.05) is 72.2 Å². The lowest BCUT2D eigenvalue weighted by Crippen LogP contribution is -2.35. The molecule has 65 heavy (non-hydrogen) atoms. The lowest BCUT2D eigenvalue weighted by atomic mass is 10.2. The van der Waals surface area contributed by atoms with E-state index in [2.05, 4.69) is 25.3 Å². The number of rotatable bonds is 18. The van der Waals surface area contributed by atoms with Crippen LogP contribution >= 0.6 is 58.3 Å². The Labute approximate surface area is 399 Å². The zero-order valence-electron chi connectivity index (χ0n) is 37.1. The largest absolute Gasteiger partial charge is 0.464 e. The molecule has 0 amide bonds. The molecule has 8 atom stereocenters. The number of anilines is 1. The van der Waals surface area contributed by atoms with Crippen molar-refractivity contribution in [1.82, 2.24) is 19.9 Å². The Kier molecular flexibility index (Phi) is 20.9. The highest BCUT2D eigenvalue weighted by molar-refractivity contribution is 7.99. The monoisotopic (exact) mass is 1020 g/mol. The first-order chi connectivity index (χ1) is 30.6. The summed E-state index contributed by atoms with van der Waals surface area (Å²) in [6.07, 6.45) is 0.838. The Morgan fingerprint density at radius 3 is 1.58 bits per heavy atom. The number of thioether (sulfide) groups is 2. The Hall–Kier alpha value is -3.01. The third-order valence-corrected chi connectivity index (χ3v) is 12.4. The fourth-order valence-corrected chi connectivity index (χ4v) is 9.34. The zero-order chi connectivity index (χ0) is 48.2. The number of ether oxygens (including phenoxy) is 8. The average molecular weight is 1020 g/mol. The Bertz CT molecular complexity index is 1960. The number of nitrogens with two attached hydrogens (primary N) is 1. The summed E-state index contributed by atoms with van der Waals surface area (Å²) < 4.78 is 44.5.